The molecule has 2 aromatic heterocycles. The summed E-state index contributed by atoms with van der Waals surface area (Å²) >= 11 is 0. The van der Waals surface area contributed by atoms with Crippen molar-refractivity contribution in [2.45, 2.75) is 26.2 Å². The second-order valence-corrected chi connectivity index (χ2v) is 9.34. The Morgan fingerprint density at radius 1 is 0.850 bits per heavy atom. The number of anilines is 1. The number of amidine groups is 2. The third kappa shape index (κ3) is 7.98. The van der Waals surface area contributed by atoms with E-state index in [1.165, 1.54) is 16.5 Å². The predicted octanol–water partition coefficient (Wildman–Crippen LogP) is 6.31. The summed E-state index contributed by atoms with van der Waals surface area (Å²) in [6, 6.07) is 33.1. The van der Waals surface area contributed by atoms with Crippen molar-refractivity contribution in [3.8, 4) is 0 Å². The standard InChI is InChI=1S/C24H25N5O.C9H9N/c25-22(15-14-19-9-3-1-4-10-19)29(21-12-5-2-6-13-21)23(26)18-28-24(30)17-20-11-7-8-16-27-20;1-7-6-10-9-5-3-2-4-8(7)9/h1-13,16,25-26H,14-15,17-18H2,(H,28,30);2-6,10H,1H3. The highest BCUT2D eigenvalue weighted by atomic mass is 16.1. The van der Waals surface area contributed by atoms with E-state index in [1.54, 1.807) is 23.2 Å². The average molecular weight is 531 g/mol. The molecule has 0 aliphatic heterocycles. The summed E-state index contributed by atoms with van der Waals surface area (Å²) < 4.78 is 0. The van der Waals surface area contributed by atoms with Crippen molar-refractivity contribution in [1.82, 2.24) is 15.3 Å². The molecular formula is C33H34N6O. The molecule has 4 N–H and O–H groups in total. The lowest BCUT2D eigenvalue weighted by Crippen LogP contribution is -2.43. The molecule has 2 heterocycles. The molecule has 0 saturated carbocycles. The van der Waals surface area contributed by atoms with Crippen LogP contribution in [0.3, 0.4) is 0 Å². The maximum Gasteiger partial charge on any atom is 0.226 e. The van der Waals surface area contributed by atoms with E-state index < -0.39 is 0 Å². The fourth-order valence-electron chi connectivity index (χ4n) is 4.28. The Kier molecular flexibility index (Phi) is 9.94. The number of nitrogens with one attached hydrogen (secondary N) is 4. The lowest BCUT2D eigenvalue weighted by atomic mass is 10.1. The summed E-state index contributed by atoms with van der Waals surface area (Å²) in [5.41, 5.74) is 5.10. The molecule has 0 fully saturated rings. The number of aromatic nitrogens is 2. The summed E-state index contributed by atoms with van der Waals surface area (Å²) in [4.78, 5) is 21.2. The van der Waals surface area contributed by atoms with Gasteiger partial charge in [0.25, 0.3) is 0 Å². The first-order chi connectivity index (χ1) is 19.5. The number of hydrogen-bond acceptors (Lipinski definition) is 4. The van der Waals surface area contributed by atoms with Crippen LogP contribution in [0.25, 0.3) is 10.9 Å². The highest BCUT2D eigenvalue weighted by molar-refractivity contribution is 6.18. The van der Waals surface area contributed by atoms with Crippen LogP contribution in [0, 0.1) is 17.7 Å². The zero-order valence-corrected chi connectivity index (χ0v) is 22.6. The first-order valence-corrected chi connectivity index (χ1v) is 13.2. The molecule has 0 spiro atoms. The Hall–Kier alpha value is -5.04. The van der Waals surface area contributed by atoms with Gasteiger partial charge in [0.15, 0.2) is 0 Å². The van der Waals surface area contributed by atoms with E-state index in [4.69, 9.17) is 10.8 Å². The number of carbonyl (C=O) groups excluding carboxylic acids is 1. The van der Waals surface area contributed by atoms with E-state index in [0.717, 1.165) is 11.3 Å². The number of hydrogen-bond donors (Lipinski definition) is 4. The van der Waals surface area contributed by atoms with Gasteiger partial charge in [0.05, 0.1) is 13.0 Å². The minimum Gasteiger partial charge on any atom is -0.361 e. The zero-order valence-electron chi connectivity index (χ0n) is 22.6. The van der Waals surface area contributed by atoms with Gasteiger partial charge in [0.1, 0.15) is 11.7 Å². The Bertz CT molecular complexity index is 1530. The summed E-state index contributed by atoms with van der Waals surface area (Å²) in [5, 5.41) is 21.2. The summed E-state index contributed by atoms with van der Waals surface area (Å²) in [7, 11) is 0. The fraction of sp³-hybridized carbons (Fsp3) is 0.152. The average Bonchev–Trinajstić information content (AvgIpc) is 3.38. The number of pyridine rings is 1. The second-order valence-electron chi connectivity index (χ2n) is 9.34. The largest absolute Gasteiger partial charge is 0.361 e. The Balaban J connectivity index is 0.000000307. The molecule has 5 rings (SSSR count). The number of benzene rings is 3. The van der Waals surface area contributed by atoms with E-state index in [2.05, 4.69) is 40.4 Å². The van der Waals surface area contributed by atoms with E-state index in [9.17, 15) is 4.79 Å². The molecule has 7 nitrogen and oxygen atoms in total. The van der Waals surface area contributed by atoms with Crippen LogP contribution in [0.5, 0.6) is 0 Å². The second kappa shape index (κ2) is 14.2. The first-order valence-electron chi connectivity index (χ1n) is 13.2. The number of amides is 1. The van der Waals surface area contributed by atoms with Crippen molar-refractivity contribution in [2.24, 2.45) is 0 Å². The minimum absolute atomic E-state index is 0.0360. The molecule has 1 amide bonds. The van der Waals surface area contributed by atoms with Gasteiger partial charge in [-0.25, -0.2) is 0 Å². The van der Waals surface area contributed by atoms with Gasteiger partial charge >= 0.3 is 0 Å². The number of rotatable bonds is 8. The molecule has 0 aliphatic carbocycles. The minimum atomic E-state index is -0.206. The van der Waals surface area contributed by atoms with Crippen molar-refractivity contribution in [2.75, 3.05) is 11.4 Å². The van der Waals surface area contributed by atoms with E-state index in [-0.39, 0.29) is 24.7 Å². The van der Waals surface area contributed by atoms with Crippen molar-refractivity contribution < 1.29 is 4.79 Å². The Morgan fingerprint density at radius 2 is 1.52 bits per heavy atom. The summed E-state index contributed by atoms with van der Waals surface area (Å²) in [6.45, 7) is 2.15. The fourth-order valence-corrected chi connectivity index (χ4v) is 4.28. The van der Waals surface area contributed by atoms with E-state index in [1.807, 2.05) is 79.0 Å². The van der Waals surface area contributed by atoms with Crippen molar-refractivity contribution >= 4 is 34.2 Å². The van der Waals surface area contributed by atoms with Gasteiger partial charge < -0.3 is 10.3 Å². The smallest absolute Gasteiger partial charge is 0.226 e. The molecule has 40 heavy (non-hydrogen) atoms. The number of aryl methyl sites for hydroxylation is 2. The molecule has 0 atom stereocenters. The van der Waals surface area contributed by atoms with Crippen molar-refractivity contribution in [3.63, 3.8) is 0 Å². The normalized spacial score (nSPS) is 10.3. The van der Waals surface area contributed by atoms with Crippen LogP contribution in [-0.4, -0.2) is 34.1 Å². The lowest BCUT2D eigenvalue weighted by Gasteiger charge is -2.26. The van der Waals surface area contributed by atoms with Crippen molar-refractivity contribution in [1.29, 1.82) is 10.8 Å². The molecule has 202 valence electrons. The van der Waals surface area contributed by atoms with Gasteiger partial charge in [-0.05, 0) is 54.8 Å². The highest BCUT2D eigenvalue weighted by Crippen LogP contribution is 2.17. The van der Waals surface area contributed by atoms with Crippen LogP contribution in [0.1, 0.15) is 23.2 Å². The molecule has 0 unspecified atom stereocenters. The maximum atomic E-state index is 12.2. The number of carbonyl (C=O) groups is 1. The van der Waals surface area contributed by atoms with Gasteiger partial charge in [-0.2, -0.15) is 0 Å². The molecule has 3 aromatic carbocycles. The van der Waals surface area contributed by atoms with Crippen molar-refractivity contribution in [3.05, 3.63) is 132 Å². The molecular weight excluding hydrogens is 496 g/mol. The molecule has 0 bridgehead atoms. The van der Waals surface area contributed by atoms with Gasteiger partial charge in [-0.1, -0.05) is 72.8 Å². The van der Waals surface area contributed by atoms with Gasteiger partial charge in [0, 0.05) is 41.1 Å². The van der Waals surface area contributed by atoms with Crippen LogP contribution < -0.4 is 10.2 Å². The van der Waals surface area contributed by atoms with Gasteiger partial charge in [-0.3, -0.25) is 25.5 Å². The third-order valence-corrected chi connectivity index (χ3v) is 6.36. The lowest BCUT2D eigenvalue weighted by molar-refractivity contribution is -0.120. The van der Waals surface area contributed by atoms with Crippen LogP contribution in [0.2, 0.25) is 0 Å². The zero-order chi connectivity index (χ0) is 28.2. The maximum absolute atomic E-state index is 12.2. The molecule has 0 aliphatic rings. The van der Waals surface area contributed by atoms with Crippen LogP contribution in [0.15, 0.2) is 116 Å². The number of nitrogens with zero attached hydrogens (tertiary/aromatic N) is 2. The number of fused-ring (bicyclic) bond motifs is 1. The number of aromatic amines is 1. The van der Waals surface area contributed by atoms with Crippen LogP contribution in [0.4, 0.5) is 5.69 Å². The summed E-state index contributed by atoms with van der Waals surface area (Å²) in [6.07, 6.45) is 5.04. The van der Waals surface area contributed by atoms with E-state index >= 15 is 0 Å². The van der Waals surface area contributed by atoms with Crippen LogP contribution in [-0.2, 0) is 17.6 Å². The third-order valence-electron chi connectivity index (χ3n) is 6.36. The topological polar surface area (TPSA) is 109 Å². The number of H-pyrrole nitrogens is 1. The molecule has 0 saturated heterocycles. The highest BCUT2D eigenvalue weighted by Gasteiger charge is 2.18. The predicted molar refractivity (Wildman–Crippen MR) is 163 cm³/mol. The monoisotopic (exact) mass is 530 g/mol. The quantitative estimate of drug-likeness (QED) is 0.139. The molecule has 0 radical (unpaired) electrons. The Morgan fingerprint density at radius 3 is 2.23 bits per heavy atom. The van der Waals surface area contributed by atoms with Crippen LogP contribution >= 0.6 is 0 Å². The van der Waals surface area contributed by atoms with Gasteiger partial charge in [0.2, 0.25) is 5.91 Å². The SMILES string of the molecule is Cc1c[nH]c2ccccc12.N=C(CCc1ccccc1)N(C(=N)CNC(=O)Cc1ccccn1)c1ccccc1. The van der Waals surface area contributed by atoms with Gasteiger partial charge in [-0.15, -0.1) is 0 Å². The van der Waals surface area contributed by atoms with E-state index in [0.29, 0.717) is 24.4 Å². The molecule has 7 heteroatoms. The first kappa shape index (κ1) is 28.0. The summed E-state index contributed by atoms with van der Waals surface area (Å²) in [5.74, 6) is 0.255. The molecule has 5 aromatic rings. The number of para-hydroxylation sites is 2. The Labute approximate surface area is 234 Å².